The fourth-order valence-corrected chi connectivity index (χ4v) is 4.33. The van der Waals surface area contributed by atoms with Crippen LogP contribution in [0.3, 0.4) is 0 Å². The van der Waals surface area contributed by atoms with Crippen molar-refractivity contribution >= 4 is 35.7 Å². The van der Waals surface area contributed by atoms with Gasteiger partial charge in [0.2, 0.25) is 0 Å². The normalized spacial score (nSPS) is 18.2. The summed E-state index contributed by atoms with van der Waals surface area (Å²) in [5.41, 5.74) is 0.545. The van der Waals surface area contributed by atoms with Crippen molar-refractivity contribution in [1.82, 2.24) is 20.0 Å². The van der Waals surface area contributed by atoms with E-state index in [1.165, 1.54) is 7.05 Å². The number of hydrogen-bond donors (Lipinski definition) is 2. The van der Waals surface area contributed by atoms with E-state index in [1.54, 1.807) is 36.1 Å². The fraction of sp³-hybridized carbons (Fsp3) is 0.593. The zero-order valence-electron chi connectivity index (χ0n) is 23.9. The monoisotopic (exact) mass is 560 g/mol. The number of nitrogens with zero attached hydrogens (tertiary/aromatic N) is 4. The fourth-order valence-electron chi connectivity index (χ4n) is 4.33. The topological polar surface area (TPSA) is 145 Å². The second-order valence-corrected chi connectivity index (χ2v) is 10.7. The third kappa shape index (κ3) is 8.91. The Bertz CT molecular complexity index is 1080. The van der Waals surface area contributed by atoms with Gasteiger partial charge in [-0.2, -0.15) is 0 Å². The Morgan fingerprint density at radius 3 is 2.33 bits per heavy atom. The number of piperazine rings is 1. The highest BCUT2D eigenvalue weighted by Gasteiger charge is 2.34. The zero-order valence-corrected chi connectivity index (χ0v) is 23.9. The van der Waals surface area contributed by atoms with Crippen LogP contribution in [0.2, 0.25) is 0 Å². The van der Waals surface area contributed by atoms with Crippen LogP contribution in [0.25, 0.3) is 0 Å². The quantitative estimate of drug-likeness (QED) is 0.212. The number of anilines is 1. The molecule has 0 aliphatic carbocycles. The van der Waals surface area contributed by atoms with Crippen LogP contribution >= 0.6 is 0 Å². The highest BCUT2D eigenvalue weighted by Crippen LogP contribution is 2.23. The molecule has 2 fully saturated rings. The van der Waals surface area contributed by atoms with Gasteiger partial charge in [-0.1, -0.05) is 0 Å². The highest BCUT2D eigenvalue weighted by molar-refractivity contribution is 6.08. The molecule has 0 saturated carbocycles. The van der Waals surface area contributed by atoms with Gasteiger partial charge in [0.25, 0.3) is 0 Å². The first kappa shape index (κ1) is 30.8. The van der Waals surface area contributed by atoms with Crippen LogP contribution in [0.15, 0.2) is 24.3 Å². The van der Waals surface area contributed by atoms with E-state index < -0.39 is 23.8 Å². The van der Waals surface area contributed by atoms with E-state index in [9.17, 15) is 19.2 Å². The number of hydrogen-bond acceptors (Lipinski definition) is 10. The Morgan fingerprint density at radius 1 is 1.10 bits per heavy atom. The van der Waals surface area contributed by atoms with E-state index >= 15 is 0 Å². The van der Waals surface area contributed by atoms with Crippen LogP contribution in [-0.2, 0) is 19.0 Å². The van der Waals surface area contributed by atoms with E-state index in [0.717, 1.165) is 31.1 Å². The minimum absolute atomic E-state index is 0.128. The third-order valence-electron chi connectivity index (χ3n) is 6.40. The van der Waals surface area contributed by atoms with Crippen molar-refractivity contribution in [2.24, 2.45) is 0 Å². The molecule has 1 aromatic carbocycles. The van der Waals surface area contributed by atoms with Crippen LogP contribution in [0, 0.1) is 5.41 Å². The van der Waals surface area contributed by atoms with Crippen LogP contribution in [-0.4, -0.2) is 116 Å². The lowest BCUT2D eigenvalue weighted by atomic mass is 10.1. The summed E-state index contributed by atoms with van der Waals surface area (Å²) in [6.07, 6.45) is -1.17. The maximum absolute atomic E-state index is 12.6. The molecule has 1 aromatic rings. The maximum atomic E-state index is 12.6. The predicted molar refractivity (Wildman–Crippen MR) is 148 cm³/mol. The van der Waals surface area contributed by atoms with Crippen molar-refractivity contribution in [3.63, 3.8) is 0 Å². The molecule has 2 N–H and O–H groups in total. The SMILES string of the molecule is CCOC(=O)N(C)C(=O)NC(=N)c1ccc(N2CC(CN3CCN(CCC(=O)OC(C)(C)C)CC3)OC2=O)cc1. The number of imide groups is 1. The van der Waals surface area contributed by atoms with Gasteiger partial charge in [-0.3, -0.25) is 25.3 Å². The highest BCUT2D eigenvalue weighted by atomic mass is 16.6. The Balaban J connectivity index is 1.44. The summed E-state index contributed by atoms with van der Waals surface area (Å²) in [5, 5.41) is 10.5. The van der Waals surface area contributed by atoms with Crippen molar-refractivity contribution in [2.75, 3.05) is 64.4 Å². The van der Waals surface area contributed by atoms with E-state index in [4.69, 9.17) is 19.6 Å². The van der Waals surface area contributed by atoms with Gasteiger partial charge >= 0.3 is 24.2 Å². The molecule has 2 heterocycles. The van der Waals surface area contributed by atoms with E-state index in [1.807, 2.05) is 20.8 Å². The molecular weight excluding hydrogens is 520 g/mol. The average Bonchev–Trinajstić information content (AvgIpc) is 3.26. The molecule has 220 valence electrons. The Hall–Kier alpha value is -3.71. The summed E-state index contributed by atoms with van der Waals surface area (Å²) in [6.45, 7) is 12.3. The molecule has 1 unspecified atom stereocenters. The van der Waals surface area contributed by atoms with Crippen LogP contribution in [0.1, 0.15) is 39.7 Å². The Kier molecular flexibility index (Phi) is 10.5. The summed E-state index contributed by atoms with van der Waals surface area (Å²) in [5.74, 6) is -0.385. The molecule has 0 aromatic heterocycles. The van der Waals surface area contributed by atoms with Gasteiger partial charge < -0.3 is 19.1 Å². The summed E-state index contributed by atoms with van der Waals surface area (Å²) in [6, 6.07) is 5.79. The molecular formula is C27H40N6O7. The number of benzene rings is 1. The molecule has 13 heteroatoms. The molecule has 0 bridgehead atoms. The first-order valence-electron chi connectivity index (χ1n) is 13.4. The number of amidine groups is 1. The standard InChI is InChI=1S/C27H40N6O7/c1-6-38-25(36)30(5)24(35)29-23(28)19-7-9-20(10-8-19)33-18-21(39-26(33)37)17-32-15-13-31(14-16-32)12-11-22(34)40-27(2,3)4/h7-10,21H,6,11-18H2,1-5H3,(H2,28,29,35). The summed E-state index contributed by atoms with van der Waals surface area (Å²) >= 11 is 0. The zero-order chi connectivity index (χ0) is 29.4. The molecule has 2 aliphatic heterocycles. The van der Waals surface area contributed by atoms with E-state index in [0.29, 0.717) is 37.3 Å². The molecule has 0 radical (unpaired) electrons. The minimum Gasteiger partial charge on any atom is -0.460 e. The van der Waals surface area contributed by atoms with E-state index in [2.05, 4.69) is 15.1 Å². The number of urea groups is 1. The molecule has 3 rings (SSSR count). The number of ether oxygens (including phenoxy) is 3. The van der Waals surface area contributed by atoms with E-state index in [-0.39, 0.29) is 24.5 Å². The first-order chi connectivity index (χ1) is 18.9. The van der Waals surface area contributed by atoms with Gasteiger partial charge in [-0.15, -0.1) is 0 Å². The predicted octanol–water partition coefficient (Wildman–Crippen LogP) is 2.48. The summed E-state index contributed by atoms with van der Waals surface area (Å²) in [7, 11) is 1.26. The summed E-state index contributed by atoms with van der Waals surface area (Å²) in [4.78, 5) is 55.2. The Morgan fingerprint density at radius 2 is 1.73 bits per heavy atom. The van der Waals surface area contributed by atoms with Gasteiger partial charge in [0.15, 0.2) is 0 Å². The Labute approximate surface area is 234 Å². The molecule has 2 aliphatic rings. The van der Waals surface area contributed by atoms with Gasteiger partial charge in [0.1, 0.15) is 17.5 Å². The van der Waals surface area contributed by atoms with Gasteiger partial charge in [-0.05, 0) is 52.0 Å². The summed E-state index contributed by atoms with van der Waals surface area (Å²) < 4.78 is 15.8. The van der Waals surface area contributed by atoms with Gasteiger partial charge in [-0.25, -0.2) is 19.3 Å². The van der Waals surface area contributed by atoms with Gasteiger partial charge in [0, 0.05) is 57.6 Å². The van der Waals surface area contributed by atoms with Crippen molar-refractivity contribution in [1.29, 1.82) is 5.41 Å². The molecule has 2 saturated heterocycles. The van der Waals surface area contributed by atoms with Crippen LogP contribution in [0.5, 0.6) is 0 Å². The number of rotatable bonds is 8. The van der Waals surface area contributed by atoms with Crippen LogP contribution < -0.4 is 10.2 Å². The van der Waals surface area contributed by atoms with Crippen LogP contribution in [0.4, 0.5) is 20.1 Å². The molecule has 40 heavy (non-hydrogen) atoms. The number of nitrogens with one attached hydrogen (secondary N) is 2. The number of esters is 1. The lowest BCUT2D eigenvalue weighted by Gasteiger charge is -2.35. The van der Waals surface area contributed by atoms with Crippen molar-refractivity contribution in [3.8, 4) is 0 Å². The molecule has 0 spiro atoms. The van der Waals surface area contributed by atoms with Crippen molar-refractivity contribution in [2.45, 2.75) is 45.8 Å². The number of carbonyl (C=O) groups is 4. The smallest absolute Gasteiger partial charge is 0.417 e. The van der Waals surface area contributed by atoms with Gasteiger partial charge in [0.05, 0.1) is 19.6 Å². The average molecular weight is 561 g/mol. The van der Waals surface area contributed by atoms with Crippen molar-refractivity contribution < 1.29 is 33.4 Å². The third-order valence-corrected chi connectivity index (χ3v) is 6.40. The first-order valence-corrected chi connectivity index (χ1v) is 13.4. The second kappa shape index (κ2) is 13.6. The number of cyclic esters (lactones) is 1. The maximum Gasteiger partial charge on any atom is 0.417 e. The number of amides is 4. The lowest BCUT2D eigenvalue weighted by molar-refractivity contribution is -0.155. The molecule has 13 nitrogen and oxygen atoms in total. The lowest BCUT2D eigenvalue weighted by Crippen LogP contribution is -2.49. The molecule has 1 atom stereocenters. The molecule has 4 amide bonds. The minimum atomic E-state index is -0.815. The van der Waals surface area contributed by atoms with Crippen molar-refractivity contribution in [3.05, 3.63) is 29.8 Å². The largest absolute Gasteiger partial charge is 0.460 e. The number of carbonyl (C=O) groups excluding carboxylic acids is 4. The second-order valence-electron chi connectivity index (χ2n) is 10.7.